The van der Waals surface area contributed by atoms with E-state index in [4.69, 9.17) is 4.74 Å². The zero-order chi connectivity index (χ0) is 13.3. The number of benzene rings is 1. The minimum Gasteiger partial charge on any atom is -0.372 e. The van der Waals surface area contributed by atoms with Crippen LogP contribution in [-0.2, 0) is 10.7 Å². The molecule has 18 heavy (non-hydrogen) atoms. The van der Waals surface area contributed by atoms with Crippen LogP contribution in [0.15, 0.2) is 24.8 Å². The van der Waals surface area contributed by atoms with Gasteiger partial charge in [0, 0.05) is 12.2 Å². The number of allylic oxidation sites excluding steroid dienone is 1. The van der Waals surface area contributed by atoms with Crippen LogP contribution in [0.5, 0.6) is 0 Å². The highest BCUT2D eigenvalue weighted by Crippen LogP contribution is 2.40. The van der Waals surface area contributed by atoms with Crippen molar-refractivity contribution in [3.8, 4) is 0 Å². The first-order chi connectivity index (χ1) is 8.44. The van der Waals surface area contributed by atoms with E-state index < -0.39 is 23.4 Å². The molecule has 1 aromatic carbocycles. The van der Waals surface area contributed by atoms with Gasteiger partial charge in [0.15, 0.2) is 0 Å². The molecule has 0 bridgehead atoms. The van der Waals surface area contributed by atoms with E-state index in [0.29, 0.717) is 18.6 Å². The topological polar surface area (TPSA) is 9.23 Å². The first kappa shape index (κ1) is 13.1. The molecule has 0 aromatic heterocycles. The maximum absolute atomic E-state index is 14.2. The summed E-state index contributed by atoms with van der Waals surface area (Å²) in [6, 6.07) is 3.99. The average molecular weight is 256 g/mol. The van der Waals surface area contributed by atoms with Gasteiger partial charge < -0.3 is 4.74 Å². The third kappa shape index (κ3) is 2.17. The largest absolute Gasteiger partial charge is 0.372 e. The van der Waals surface area contributed by atoms with Crippen LogP contribution in [-0.4, -0.2) is 12.7 Å². The van der Waals surface area contributed by atoms with Gasteiger partial charge in [-0.2, -0.15) is 8.78 Å². The van der Waals surface area contributed by atoms with Crippen LogP contribution in [0.3, 0.4) is 0 Å². The summed E-state index contributed by atoms with van der Waals surface area (Å²) in [6.45, 7) is 5.49. The van der Waals surface area contributed by atoms with Gasteiger partial charge in [-0.15, -0.1) is 0 Å². The highest BCUT2D eigenvalue weighted by atomic mass is 19.3. The number of rotatable bonds is 3. The summed E-state index contributed by atoms with van der Waals surface area (Å²) in [5.41, 5.74) is -0.0439. The van der Waals surface area contributed by atoms with Gasteiger partial charge in [-0.25, -0.2) is 4.39 Å². The van der Waals surface area contributed by atoms with Crippen molar-refractivity contribution >= 4 is 5.57 Å². The van der Waals surface area contributed by atoms with Crippen molar-refractivity contribution in [1.82, 2.24) is 0 Å². The van der Waals surface area contributed by atoms with E-state index in [2.05, 4.69) is 6.58 Å². The lowest BCUT2D eigenvalue weighted by atomic mass is 9.96. The molecule has 2 rings (SSSR count). The van der Waals surface area contributed by atoms with Gasteiger partial charge in [0.25, 0.3) is 0 Å². The van der Waals surface area contributed by atoms with Crippen LogP contribution in [0.1, 0.15) is 30.9 Å². The van der Waals surface area contributed by atoms with Crippen molar-refractivity contribution in [2.75, 3.05) is 6.61 Å². The molecular weight excluding hydrogens is 241 g/mol. The fourth-order valence-corrected chi connectivity index (χ4v) is 2.16. The second kappa shape index (κ2) is 4.76. The third-order valence-electron chi connectivity index (χ3n) is 3.15. The first-order valence-corrected chi connectivity index (χ1v) is 5.89. The van der Waals surface area contributed by atoms with Gasteiger partial charge >= 0.3 is 5.92 Å². The van der Waals surface area contributed by atoms with E-state index >= 15 is 0 Å². The smallest absolute Gasteiger partial charge is 0.301 e. The molecule has 0 radical (unpaired) electrons. The molecule has 1 aliphatic heterocycles. The molecule has 0 saturated carbocycles. The summed E-state index contributed by atoms with van der Waals surface area (Å²) in [6.07, 6.45) is -0.390. The highest BCUT2D eigenvalue weighted by Gasteiger charge is 2.46. The zero-order valence-electron chi connectivity index (χ0n) is 10.2. The van der Waals surface area contributed by atoms with Crippen molar-refractivity contribution in [3.63, 3.8) is 0 Å². The molecule has 0 spiro atoms. The fraction of sp³-hybridized carbons (Fsp3) is 0.429. The number of alkyl halides is 2. The van der Waals surface area contributed by atoms with Gasteiger partial charge in [0.05, 0.1) is 5.56 Å². The molecule has 1 fully saturated rings. The number of hydrogen-bond donors (Lipinski definition) is 0. The number of halogens is 3. The Labute approximate surface area is 104 Å². The summed E-state index contributed by atoms with van der Waals surface area (Å²) in [7, 11) is 0. The van der Waals surface area contributed by atoms with Crippen molar-refractivity contribution in [2.45, 2.75) is 31.8 Å². The Hall–Kier alpha value is -1.29. The molecule has 0 aliphatic carbocycles. The Bertz CT molecular complexity index is 462. The molecule has 1 heterocycles. The molecule has 1 aromatic rings. The molecule has 0 amide bonds. The molecule has 1 nitrogen and oxygen atoms in total. The Kier molecular flexibility index (Phi) is 3.48. The Morgan fingerprint density at radius 1 is 1.44 bits per heavy atom. The molecule has 0 N–H and O–H groups in total. The van der Waals surface area contributed by atoms with Gasteiger partial charge in [0.2, 0.25) is 0 Å². The standard InChI is InChI=1S/C14H15F3O/c1-9(2)10-5-3-6-11(13(10)15)14(16,17)12-7-4-8-18-12/h3,5-6,12H,1,4,7-8H2,2H3/t12-/m1/s1. The Balaban J connectivity index is 2.43. The molecule has 98 valence electrons. The van der Waals surface area contributed by atoms with Crippen LogP contribution in [0.2, 0.25) is 0 Å². The maximum Gasteiger partial charge on any atom is 0.301 e. The third-order valence-corrected chi connectivity index (χ3v) is 3.15. The molecule has 1 atom stereocenters. The highest BCUT2D eigenvalue weighted by molar-refractivity contribution is 5.62. The summed E-state index contributed by atoms with van der Waals surface area (Å²) in [5, 5.41) is 0. The summed E-state index contributed by atoms with van der Waals surface area (Å²) < 4.78 is 47.4. The van der Waals surface area contributed by atoms with Crippen LogP contribution in [0.25, 0.3) is 5.57 Å². The van der Waals surface area contributed by atoms with E-state index in [1.54, 1.807) is 6.92 Å². The van der Waals surface area contributed by atoms with E-state index in [0.717, 1.165) is 6.07 Å². The Morgan fingerprint density at radius 3 is 2.72 bits per heavy atom. The lowest BCUT2D eigenvalue weighted by Gasteiger charge is -2.24. The zero-order valence-corrected chi connectivity index (χ0v) is 10.2. The van der Waals surface area contributed by atoms with Crippen LogP contribution in [0.4, 0.5) is 13.2 Å². The second-order valence-corrected chi connectivity index (χ2v) is 4.57. The van der Waals surface area contributed by atoms with Gasteiger partial charge in [0.1, 0.15) is 11.9 Å². The molecule has 1 aliphatic rings. The first-order valence-electron chi connectivity index (χ1n) is 5.89. The predicted molar refractivity (Wildman–Crippen MR) is 64.0 cm³/mol. The quantitative estimate of drug-likeness (QED) is 0.790. The molecule has 1 saturated heterocycles. The summed E-state index contributed by atoms with van der Waals surface area (Å²) >= 11 is 0. The number of hydrogen-bond acceptors (Lipinski definition) is 1. The lowest BCUT2D eigenvalue weighted by Crippen LogP contribution is -2.31. The molecule has 0 unspecified atom stereocenters. The second-order valence-electron chi connectivity index (χ2n) is 4.57. The van der Waals surface area contributed by atoms with Crippen molar-refractivity contribution in [1.29, 1.82) is 0 Å². The maximum atomic E-state index is 14.2. The predicted octanol–water partition coefficient (Wildman–Crippen LogP) is 4.13. The van der Waals surface area contributed by atoms with E-state index in [-0.39, 0.29) is 12.0 Å². The average Bonchev–Trinajstić information content (AvgIpc) is 2.82. The van der Waals surface area contributed by atoms with Gasteiger partial charge in [-0.1, -0.05) is 18.7 Å². The molecule has 4 heteroatoms. The van der Waals surface area contributed by atoms with Crippen LogP contribution < -0.4 is 0 Å². The monoisotopic (exact) mass is 256 g/mol. The van der Waals surface area contributed by atoms with Crippen LogP contribution >= 0.6 is 0 Å². The Morgan fingerprint density at radius 2 is 2.17 bits per heavy atom. The van der Waals surface area contributed by atoms with Crippen LogP contribution in [0, 0.1) is 5.82 Å². The van der Waals surface area contributed by atoms with E-state index in [1.807, 2.05) is 0 Å². The summed E-state index contributed by atoms with van der Waals surface area (Å²) in [5.74, 6) is -4.20. The lowest BCUT2D eigenvalue weighted by molar-refractivity contribution is -0.124. The van der Waals surface area contributed by atoms with Gasteiger partial charge in [-0.05, 0) is 31.4 Å². The van der Waals surface area contributed by atoms with Gasteiger partial charge in [-0.3, -0.25) is 0 Å². The van der Waals surface area contributed by atoms with Crippen molar-refractivity contribution < 1.29 is 17.9 Å². The normalized spacial score (nSPS) is 20.1. The van der Waals surface area contributed by atoms with E-state index in [1.165, 1.54) is 12.1 Å². The number of ether oxygens (including phenoxy) is 1. The minimum atomic E-state index is -3.30. The van der Waals surface area contributed by atoms with E-state index in [9.17, 15) is 13.2 Å². The van der Waals surface area contributed by atoms with Crippen molar-refractivity contribution in [2.24, 2.45) is 0 Å². The van der Waals surface area contributed by atoms with Crippen molar-refractivity contribution in [3.05, 3.63) is 41.7 Å². The minimum absolute atomic E-state index is 0.130. The SMILES string of the molecule is C=C(C)c1cccc(C(F)(F)[C@H]2CCCO2)c1F. The summed E-state index contributed by atoms with van der Waals surface area (Å²) in [4.78, 5) is 0. The molecular formula is C14H15F3O. The fourth-order valence-electron chi connectivity index (χ4n) is 2.16.